The SMILES string of the molecule is Cc1nc(Cc2ccc(F)cc2)[nH]c(=O)c1C(C)C. The van der Waals surface area contributed by atoms with Crippen LogP contribution in [0.4, 0.5) is 4.39 Å². The van der Waals surface area contributed by atoms with Gasteiger partial charge in [0.2, 0.25) is 0 Å². The molecular weight excluding hydrogens is 243 g/mol. The van der Waals surface area contributed by atoms with Gasteiger partial charge >= 0.3 is 0 Å². The molecule has 19 heavy (non-hydrogen) atoms. The number of aromatic amines is 1. The van der Waals surface area contributed by atoms with Crippen molar-refractivity contribution in [3.63, 3.8) is 0 Å². The fourth-order valence-corrected chi connectivity index (χ4v) is 2.21. The Balaban J connectivity index is 2.32. The highest BCUT2D eigenvalue weighted by Gasteiger charge is 2.11. The highest BCUT2D eigenvalue weighted by Crippen LogP contribution is 2.13. The van der Waals surface area contributed by atoms with E-state index in [2.05, 4.69) is 9.97 Å². The van der Waals surface area contributed by atoms with Crippen LogP contribution >= 0.6 is 0 Å². The molecule has 100 valence electrons. The smallest absolute Gasteiger partial charge is 0.254 e. The van der Waals surface area contributed by atoms with E-state index >= 15 is 0 Å². The number of H-pyrrole nitrogens is 1. The second kappa shape index (κ2) is 5.34. The second-order valence-electron chi connectivity index (χ2n) is 4.97. The summed E-state index contributed by atoms with van der Waals surface area (Å²) in [6, 6.07) is 6.20. The Morgan fingerprint density at radius 2 is 1.89 bits per heavy atom. The van der Waals surface area contributed by atoms with Crippen LogP contribution in [0.2, 0.25) is 0 Å². The lowest BCUT2D eigenvalue weighted by atomic mass is 10.0. The van der Waals surface area contributed by atoms with Gasteiger partial charge in [-0.1, -0.05) is 26.0 Å². The number of hydrogen-bond donors (Lipinski definition) is 1. The van der Waals surface area contributed by atoms with E-state index in [1.807, 2.05) is 20.8 Å². The molecule has 0 unspecified atom stereocenters. The van der Waals surface area contributed by atoms with E-state index < -0.39 is 0 Å². The second-order valence-corrected chi connectivity index (χ2v) is 4.97. The number of aromatic nitrogens is 2. The van der Waals surface area contributed by atoms with E-state index in [1.165, 1.54) is 12.1 Å². The zero-order valence-electron chi connectivity index (χ0n) is 11.3. The summed E-state index contributed by atoms with van der Waals surface area (Å²) in [5.41, 5.74) is 2.32. The van der Waals surface area contributed by atoms with Crippen LogP contribution in [0.15, 0.2) is 29.1 Å². The normalized spacial score (nSPS) is 11.0. The van der Waals surface area contributed by atoms with Gasteiger partial charge in [-0.15, -0.1) is 0 Å². The van der Waals surface area contributed by atoms with Gasteiger partial charge in [-0.25, -0.2) is 9.37 Å². The van der Waals surface area contributed by atoms with Crippen molar-refractivity contribution in [3.05, 3.63) is 63.1 Å². The summed E-state index contributed by atoms with van der Waals surface area (Å²) in [7, 11) is 0. The van der Waals surface area contributed by atoms with E-state index in [0.717, 1.165) is 16.8 Å². The zero-order valence-corrected chi connectivity index (χ0v) is 11.3. The first-order valence-corrected chi connectivity index (χ1v) is 6.31. The monoisotopic (exact) mass is 260 g/mol. The lowest BCUT2D eigenvalue weighted by molar-refractivity contribution is 0.627. The molecule has 1 N–H and O–H groups in total. The molecule has 0 amide bonds. The van der Waals surface area contributed by atoms with Gasteiger partial charge in [-0.3, -0.25) is 4.79 Å². The van der Waals surface area contributed by atoms with Crippen molar-refractivity contribution in [2.24, 2.45) is 0 Å². The molecule has 0 saturated carbocycles. The van der Waals surface area contributed by atoms with E-state index in [-0.39, 0.29) is 17.3 Å². The predicted octanol–water partition coefficient (Wildman–Crippen LogP) is 2.93. The Morgan fingerprint density at radius 1 is 1.26 bits per heavy atom. The summed E-state index contributed by atoms with van der Waals surface area (Å²) < 4.78 is 12.8. The minimum absolute atomic E-state index is 0.0837. The molecule has 0 bridgehead atoms. The summed E-state index contributed by atoms with van der Waals surface area (Å²) in [5.74, 6) is 0.492. The molecule has 0 saturated heterocycles. The number of nitrogens with zero attached hydrogens (tertiary/aromatic N) is 1. The Kier molecular flexibility index (Phi) is 3.79. The quantitative estimate of drug-likeness (QED) is 0.922. The molecular formula is C15H17FN2O. The third kappa shape index (κ3) is 3.08. The van der Waals surface area contributed by atoms with Gasteiger partial charge in [-0.05, 0) is 30.5 Å². The molecule has 0 aliphatic carbocycles. The van der Waals surface area contributed by atoms with Crippen molar-refractivity contribution in [2.75, 3.05) is 0 Å². The lowest BCUT2D eigenvalue weighted by Crippen LogP contribution is -2.20. The van der Waals surface area contributed by atoms with Crippen molar-refractivity contribution in [1.29, 1.82) is 0 Å². The maximum Gasteiger partial charge on any atom is 0.254 e. The topological polar surface area (TPSA) is 45.8 Å². The minimum atomic E-state index is -0.267. The van der Waals surface area contributed by atoms with Crippen LogP contribution in [0.25, 0.3) is 0 Å². The van der Waals surface area contributed by atoms with Crippen LogP contribution in [0.1, 0.15) is 42.4 Å². The first-order valence-electron chi connectivity index (χ1n) is 6.31. The maximum absolute atomic E-state index is 12.8. The van der Waals surface area contributed by atoms with Crippen LogP contribution in [-0.4, -0.2) is 9.97 Å². The van der Waals surface area contributed by atoms with E-state index in [4.69, 9.17) is 0 Å². The van der Waals surface area contributed by atoms with Gasteiger partial charge in [0.1, 0.15) is 11.6 Å². The number of nitrogens with one attached hydrogen (secondary N) is 1. The molecule has 0 spiro atoms. The average molecular weight is 260 g/mol. The number of aryl methyl sites for hydroxylation is 1. The third-order valence-corrected chi connectivity index (χ3v) is 3.06. The summed E-state index contributed by atoms with van der Waals surface area (Å²) in [6.07, 6.45) is 0.495. The van der Waals surface area contributed by atoms with Crippen molar-refractivity contribution in [3.8, 4) is 0 Å². The van der Waals surface area contributed by atoms with Gasteiger partial charge < -0.3 is 4.98 Å². The van der Waals surface area contributed by atoms with Crippen molar-refractivity contribution < 1.29 is 4.39 Å². The van der Waals surface area contributed by atoms with Gasteiger partial charge in [0.05, 0.1) is 0 Å². The molecule has 1 aromatic heterocycles. The largest absolute Gasteiger partial charge is 0.310 e. The Labute approximate surface area is 111 Å². The average Bonchev–Trinajstić information content (AvgIpc) is 2.30. The van der Waals surface area contributed by atoms with Gasteiger partial charge in [-0.2, -0.15) is 0 Å². The number of halogens is 1. The third-order valence-electron chi connectivity index (χ3n) is 3.06. The highest BCUT2D eigenvalue weighted by atomic mass is 19.1. The molecule has 4 heteroatoms. The fourth-order valence-electron chi connectivity index (χ4n) is 2.21. The molecule has 0 aliphatic rings. The zero-order chi connectivity index (χ0) is 14.0. The number of benzene rings is 1. The number of rotatable bonds is 3. The van der Waals surface area contributed by atoms with Gasteiger partial charge in [0, 0.05) is 17.7 Å². The minimum Gasteiger partial charge on any atom is -0.310 e. The van der Waals surface area contributed by atoms with E-state index in [9.17, 15) is 9.18 Å². The molecule has 0 aliphatic heterocycles. The highest BCUT2D eigenvalue weighted by molar-refractivity contribution is 5.24. The first kappa shape index (κ1) is 13.5. The Bertz CT molecular complexity index is 630. The standard InChI is InChI=1S/C15H17FN2O/c1-9(2)14-10(3)17-13(18-15(14)19)8-11-4-6-12(16)7-5-11/h4-7,9H,8H2,1-3H3,(H,17,18,19). The molecule has 1 heterocycles. The number of hydrogen-bond acceptors (Lipinski definition) is 2. The summed E-state index contributed by atoms with van der Waals surface area (Å²) in [4.78, 5) is 19.2. The molecule has 2 aromatic rings. The fraction of sp³-hybridized carbons (Fsp3) is 0.333. The molecule has 1 aromatic carbocycles. The molecule has 2 rings (SSSR count). The van der Waals surface area contributed by atoms with Crippen molar-refractivity contribution in [1.82, 2.24) is 9.97 Å². The molecule has 0 atom stereocenters. The van der Waals surface area contributed by atoms with Crippen molar-refractivity contribution in [2.45, 2.75) is 33.1 Å². The molecule has 0 radical (unpaired) electrons. The van der Waals surface area contributed by atoms with Crippen LogP contribution in [0.3, 0.4) is 0 Å². The Hall–Kier alpha value is -1.97. The van der Waals surface area contributed by atoms with Gasteiger partial charge in [0.25, 0.3) is 5.56 Å². The molecule has 3 nitrogen and oxygen atoms in total. The summed E-state index contributed by atoms with van der Waals surface area (Å²) >= 11 is 0. The van der Waals surface area contributed by atoms with Gasteiger partial charge in [0.15, 0.2) is 0 Å². The van der Waals surface area contributed by atoms with E-state index in [0.29, 0.717) is 12.2 Å². The van der Waals surface area contributed by atoms with Crippen LogP contribution in [0, 0.1) is 12.7 Å². The molecule has 0 fully saturated rings. The lowest BCUT2D eigenvalue weighted by Gasteiger charge is -2.09. The van der Waals surface area contributed by atoms with Crippen molar-refractivity contribution >= 4 is 0 Å². The Morgan fingerprint density at radius 3 is 2.42 bits per heavy atom. The van der Waals surface area contributed by atoms with Crippen LogP contribution in [-0.2, 0) is 6.42 Å². The first-order chi connectivity index (χ1) is 8.97. The maximum atomic E-state index is 12.8. The van der Waals surface area contributed by atoms with Crippen LogP contribution in [0.5, 0.6) is 0 Å². The predicted molar refractivity (Wildman–Crippen MR) is 72.9 cm³/mol. The van der Waals surface area contributed by atoms with Crippen LogP contribution < -0.4 is 5.56 Å². The summed E-state index contributed by atoms with van der Waals surface area (Å²) in [6.45, 7) is 5.79. The van der Waals surface area contributed by atoms with E-state index in [1.54, 1.807) is 12.1 Å². The summed E-state index contributed by atoms with van der Waals surface area (Å²) in [5, 5.41) is 0.